The van der Waals surface area contributed by atoms with E-state index in [-0.39, 0.29) is 30.5 Å². The molecular weight excluding hydrogens is 467 g/mol. The molecule has 2 aliphatic rings. The molecule has 3 atom stereocenters. The lowest BCUT2D eigenvalue weighted by molar-refractivity contribution is 0.0570. The number of aromatic nitrogens is 3. The first kappa shape index (κ1) is 22.5. The Kier molecular flexibility index (Phi) is 6.06. The molecule has 13 heteroatoms. The minimum absolute atomic E-state index is 0.0690. The number of benzene rings is 1. The molecule has 2 amide bonds. The molecule has 2 aromatic heterocycles. The molecule has 11 nitrogen and oxygen atoms in total. The number of nitrogens with zero attached hydrogens (tertiary/aromatic N) is 4. The van der Waals surface area contributed by atoms with E-state index in [0.717, 1.165) is 10.6 Å². The SMILES string of the molecule is COc1cc(-c2noc(N3C4COCC3c3sc(NC(=O)N[C@H](C)CO)nc3C4)n2)ccc1F. The van der Waals surface area contributed by atoms with Gasteiger partial charge in [-0.1, -0.05) is 16.5 Å². The van der Waals surface area contributed by atoms with Crippen molar-refractivity contribution in [2.45, 2.75) is 31.5 Å². The Bertz CT molecular complexity index is 1200. The van der Waals surface area contributed by atoms with Gasteiger partial charge in [-0.25, -0.2) is 14.2 Å². The number of urea groups is 1. The van der Waals surface area contributed by atoms with Gasteiger partial charge in [-0.15, -0.1) is 0 Å². The van der Waals surface area contributed by atoms with Gasteiger partial charge in [0.05, 0.1) is 55.6 Å². The highest BCUT2D eigenvalue weighted by atomic mass is 32.1. The van der Waals surface area contributed by atoms with Crippen molar-refractivity contribution in [1.29, 1.82) is 0 Å². The molecular formula is C21H23FN6O5S. The third kappa shape index (κ3) is 4.17. The molecule has 1 saturated heterocycles. The van der Waals surface area contributed by atoms with Crippen LogP contribution in [0.3, 0.4) is 0 Å². The van der Waals surface area contributed by atoms with Crippen molar-refractivity contribution in [1.82, 2.24) is 20.4 Å². The number of morpholine rings is 1. The highest BCUT2D eigenvalue weighted by Crippen LogP contribution is 2.43. The van der Waals surface area contributed by atoms with E-state index in [2.05, 4.69) is 25.8 Å². The number of fused-ring (bicyclic) bond motifs is 4. The number of rotatable bonds is 6. The van der Waals surface area contributed by atoms with Gasteiger partial charge in [0.25, 0.3) is 0 Å². The molecule has 1 fully saturated rings. The summed E-state index contributed by atoms with van der Waals surface area (Å²) in [5.41, 5.74) is 1.47. The molecule has 5 rings (SSSR count). The number of aliphatic hydroxyl groups excluding tert-OH is 1. The normalized spacial score (nSPS) is 19.9. The van der Waals surface area contributed by atoms with E-state index >= 15 is 0 Å². The van der Waals surface area contributed by atoms with Gasteiger partial charge in [0.2, 0.25) is 5.82 Å². The van der Waals surface area contributed by atoms with E-state index in [0.29, 0.717) is 42.2 Å². The largest absolute Gasteiger partial charge is 0.494 e. The summed E-state index contributed by atoms with van der Waals surface area (Å²) in [4.78, 5) is 24.3. The lowest BCUT2D eigenvalue weighted by atomic mass is 9.97. The number of hydrogen-bond donors (Lipinski definition) is 3. The summed E-state index contributed by atoms with van der Waals surface area (Å²) in [6.07, 6.45) is 0.584. The van der Waals surface area contributed by atoms with Crippen LogP contribution in [0, 0.1) is 5.82 Å². The zero-order valence-corrected chi connectivity index (χ0v) is 19.3. The molecule has 3 N–H and O–H groups in total. The first-order valence-corrected chi connectivity index (χ1v) is 11.5. The van der Waals surface area contributed by atoms with Crippen molar-refractivity contribution in [2.24, 2.45) is 0 Å². The van der Waals surface area contributed by atoms with Gasteiger partial charge in [-0.2, -0.15) is 4.98 Å². The van der Waals surface area contributed by atoms with Gasteiger partial charge >= 0.3 is 12.0 Å². The first-order valence-electron chi connectivity index (χ1n) is 10.7. The molecule has 1 aromatic carbocycles. The standard InChI is InChI=1S/C21H23FN6O5S/c1-10(7-29)23-19(30)26-20-24-14-6-12-8-32-9-15(17(14)34-20)28(12)21-25-18(27-33-21)11-3-4-13(22)16(5-11)31-2/h3-5,10,12,15,29H,6-9H2,1-2H3,(H2,23,24,26,30)/t10-,12?,15?/m1/s1. The molecule has 2 unspecified atom stereocenters. The van der Waals surface area contributed by atoms with Gasteiger partial charge in [-0.3, -0.25) is 5.32 Å². The molecule has 0 radical (unpaired) electrons. The van der Waals surface area contributed by atoms with Crippen molar-refractivity contribution < 1.29 is 28.3 Å². The zero-order valence-electron chi connectivity index (χ0n) is 18.4. The average Bonchev–Trinajstić information content (AvgIpc) is 3.46. The molecule has 180 valence electrons. The zero-order chi connectivity index (χ0) is 23.8. The number of halogens is 1. The summed E-state index contributed by atoms with van der Waals surface area (Å²) in [5.74, 6) is -0.0578. The molecule has 34 heavy (non-hydrogen) atoms. The smallest absolute Gasteiger partial charge is 0.325 e. The van der Waals surface area contributed by atoms with E-state index in [1.165, 1.54) is 30.6 Å². The molecule has 2 bridgehead atoms. The van der Waals surface area contributed by atoms with Crippen LogP contribution in [0.1, 0.15) is 23.5 Å². The number of carbonyl (C=O) groups excluding carboxylic acids is 1. The maximum atomic E-state index is 13.8. The Balaban J connectivity index is 1.39. The number of ether oxygens (including phenoxy) is 2. The van der Waals surface area contributed by atoms with E-state index in [1.54, 1.807) is 13.0 Å². The Labute approximate surface area is 197 Å². The minimum Gasteiger partial charge on any atom is -0.494 e. The number of anilines is 2. The van der Waals surface area contributed by atoms with E-state index in [9.17, 15) is 9.18 Å². The number of aliphatic hydroxyl groups is 1. The van der Waals surface area contributed by atoms with E-state index < -0.39 is 11.8 Å². The average molecular weight is 491 g/mol. The maximum Gasteiger partial charge on any atom is 0.325 e. The summed E-state index contributed by atoms with van der Waals surface area (Å²) in [6, 6.07) is 3.64. The number of amides is 2. The predicted molar refractivity (Wildman–Crippen MR) is 121 cm³/mol. The molecule has 0 spiro atoms. The molecule has 0 saturated carbocycles. The summed E-state index contributed by atoms with van der Waals surface area (Å²) >= 11 is 1.36. The van der Waals surface area contributed by atoms with Crippen LogP contribution in [-0.2, 0) is 11.2 Å². The fourth-order valence-corrected chi connectivity index (χ4v) is 5.14. The Morgan fingerprint density at radius 2 is 2.26 bits per heavy atom. The lowest BCUT2D eigenvalue weighted by Crippen LogP contribution is -2.51. The van der Waals surface area contributed by atoms with Crippen LogP contribution in [0.25, 0.3) is 11.4 Å². The molecule has 2 aliphatic heterocycles. The fourth-order valence-electron chi connectivity index (χ4n) is 4.07. The van der Waals surface area contributed by atoms with Crippen LogP contribution < -0.4 is 20.3 Å². The third-order valence-corrected chi connectivity index (χ3v) is 6.81. The Morgan fingerprint density at radius 3 is 3.06 bits per heavy atom. The van der Waals surface area contributed by atoms with Gasteiger partial charge in [0, 0.05) is 12.0 Å². The number of thiazole rings is 1. The second-order valence-electron chi connectivity index (χ2n) is 8.08. The summed E-state index contributed by atoms with van der Waals surface area (Å²) < 4.78 is 30.2. The molecule has 4 heterocycles. The van der Waals surface area contributed by atoms with Crippen LogP contribution in [-0.4, -0.2) is 65.3 Å². The van der Waals surface area contributed by atoms with E-state index in [4.69, 9.17) is 19.1 Å². The second kappa shape index (κ2) is 9.16. The van der Waals surface area contributed by atoms with Gasteiger partial charge in [0.1, 0.15) is 0 Å². The minimum atomic E-state index is -0.473. The quantitative estimate of drug-likeness (QED) is 0.476. The number of methoxy groups -OCH3 is 1. The van der Waals surface area contributed by atoms with Crippen molar-refractivity contribution in [2.75, 3.05) is 37.1 Å². The highest BCUT2D eigenvalue weighted by Gasteiger charge is 2.43. The number of hydrogen-bond acceptors (Lipinski definition) is 10. The summed E-state index contributed by atoms with van der Waals surface area (Å²) in [6.45, 7) is 2.41. The van der Waals surface area contributed by atoms with Crippen molar-refractivity contribution in [3.8, 4) is 17.1 Å². The lowest BCUT2D eigenvalue weighted by Gasteiger charge is -2.43. The molecule has 3 aromatic rings. The van der Waals surface area contributed by atoms with Crippen LogP contribution in [0.4, 0.5) is 20.3 Å². The highest BCUT2D eigenvalue weighted by molar-refractivity contribution is 7.16. The van der Waals surface area contributed by atoms with Crippen LogP contribution in [0.15, 0.2) is 22.7 Å². The molecule has 0 aliphatic carbocycles. The van der Waals surface area contributed by atoms with Gasteiger partial charge < -0.3 is 29.3 Å². The summed E-state index contributed by atoms with van der Waals surface area (Å²) in [5, 5.41) is 19.0. The van der Waals surface area contributed by atoms with Crippen LogP contribution in [0.5, 0.6) is 5.75 Å². The second-order valence-corrected chi connectivity index (χ2v) is 9.11. The monoisotopic (exact) mass is 490 g/mol. The first-order chi connectivity index (χ1) is 16.5. The maximum absolute atomic E-state index is 13.8. The van der Waals surface area contributed by atoms with Gasteiger partial charge in [-0.05, 0) is 25.1 Å². The Hall–Kier alpha value is -3.29. The van der Waals surface area contributed by atoms with Crippen molar-refractivity contribution >= 4 is 28.5 Å². The van der Waals surface area contributed by atoms with E-state index in [1.807, 2.05) is 4.90 Å². The number of nitrogens with one attached hydrogen (secondary N) is 2. The fraction of sp³-hybridized carbons (Fsp3) is 0.429. The Morgan fingerprint density at radius 1 is 1.41 bits per heavy atom. The third-order valence-electron chi connectivity index (χ3n) is 5.69. The number of carbonyl (C=O) groups is 1. The topological polar surface area (TPSA) is 135 Å². The predicted octanol–water partition coefficient (Wildman–Crippen LogP) is 2.35. The van der Waals surface area contributed by atoms with Crippen LogP contribution in [0.2, 0.25) is 0 Å². The van der Waals surface area contributed by atoms with Crippen LogP contribution >= 0.6 is 11.3 Å². The van der Waals surface area contributed by atoms with Crippen molar-refractivity contribution in [3.05, 3.63) is 34.6 Å². The van der Waals surface area contributed by atoms with Crippen molar-refractivity contribution in [3.63, 3.8) is 0 Å². The van der Waals surface area contributed by atoms with Gasteiger partial charge in [0.15, 0.2) is 16.7 Å². The summed E-state index contributed by atoms with van der Waals surface area (Å²) in [7, 11) is 1.39.